The van der Waals surface area contributed by atoms with Crippen molar-refractivity contribution in [3.63, 3.8) is 0 Å². The van der Waals surface area contributed by atoms with Gasteiger partial charge in [-0.05, 0) is 25.9 Å². The molecule has 0 aromatic heterocycles. The van der Waals surface area contributed by atoms with Gasteiger partial charge in [0.2, 0.25) is 15.9 Å². The van der Waals surface area contributed by atoms with E-state index in [0.29, 0.717) is 32.8 Å². The van der Waals surface area contributed by atoms with Crippen LogP contribution in [0.4, 0.5) is 0 Å². The van der Waals surface area contributed by atoms with Gasteiger partial charge in [-0.25, -0.2) is 8.42 Å². The number of nitrogens with one attached hydrogen (secondary N) is 1. The zero-order valence-electron chi connectivity index (χ0n) is 12.8. The monoisotopic (exact) mass is 319 g/mol. The molecule has 0 saturated carbocycles. The van der Waals surface area contributed by atoms with Gasteiger partial charge in [0, 0.05) is 33.3 Å². The molecule has 0 bridgehead atoms. The Bertz CT molecular complexity index is 460. The summed E-state index contributed by atoms with van der Waals surface area (Å²) in [7, 11) is -1.54. The van der Waals surface area contributed by atoms with Gasteiger partial charge in [-0.3, -0.25) is 4.79 Å². The first-order valence-electron chi connectivity index (χ1n) is 7.33. The van der Waals surface area contributed by atoms with Gasteiger partial charge >= 0.3 is 0 Å². The van der Waals surface area contributed by atoms with Gasteiger partial charge in [0.15, 0.2) is 0 Å². The predicted octanol–water partition coefficient (Wildman–Crippen LogP) is -0.894. The lowest BCUT2D eigenvalue weighted by atomic mass is 9.78. The highest BCUT2D eigenvalue weighted by atomic mass is 32.2. The van der Waals surface area contributed by atoms with Crippen LogP contribution < -0.4 is 5.32 Å². The van der Waals surface area contributed by atoms with E-state index in [0.717, 1.165) is 25.9 Å². The molecule has 0 aliphatic carbocycles. The fourth-order valence-electron chi connectivity index (χ4n) is 3.16. The minimum absolute atomic E-state index is 0.110. The summed E-state index contributed by atoms with van der Waals surface area (Å²) in [6.07, 6.45) is 2.75. The van der Waals surface area contributed by atoms with Crippen molar-refractivity contribution in [2.24, 2.45) is 5.41 Å². The molecule has 21 heavy (non-hydrogen) atoms. The van der Waals surface area contributed by atoms with E-state index < -0.39 is 15.4 Å². The second-order valence-electron chi connectivity index (χ2n) is 5.92. The van der Waals surface area contributed by atoms with Gasteiger partial charge in [0.05, 0.1) is 18.3 Å². The average molecular weight is 319 g/mol. The second-order valence-corrected chi connectivity index (χ2v) is 7.90. The fraction of sp³-hybridized carbons (Fsp3) is 0.923. The largest absolute Gasteiger partial charge is 0.384 e. The summed E-state index contributed by atoms with van der Waals surface area (Å²) < 4.78 is 29.8. The van der Waals surface area contributed by atoms with Crippen LogP contribution in [0.15, 0.2) is 0 Å². The first-order valence-corrected chi connectivity index (χ1v) is 9.18. The number of carbonyl (C=O) groups excluding carboxylic acids is 1. The summed E-state index contributed by atoms with van der Waals surface area (Å²) in [5.41, 5.74) is -0.451. The Kier molecular flexibility index (Phi) is 5.24. The highest BCUT2D eigenvalue weighted by Gasteiger charge is 2.43. The molecule has 2 aliphatic heterocycles. The van der Waals surface area contributed by atoms with E-state index in [2.05, 4.69) is 5.32 Å². The molecule has 0 aromatic carbocycles. The molecule has 122 valence electrons. The van der Waals surface area contributed by atoms with Crippen molar-refractivity contribution in [2.75, 3.05) is 59.2 Å². The van der Waals surface area contributed by atoms with E-state index in [4.69, 9.17) is 4.74 Å². The van der Waals surface area contributed by atoms with Crippen molar-refractivity contribution in [3.8, 4) is 0 Å². The molecule has 0 atom stereocenters. The molecule has 2 heterocycles. The van der Waals surface area contributed by atoms with Crippen LogP contribution in [0.2, 0.25) is 0 Å². The molecule has 7 nitrogen and oxygen atoms in total. The molecule has 1 amide bonds. The highest BCUT2D eigenvalue weighted by molar-refractivity contribution is 7.88. The van der Waals surface area contributed by atoms with Gasteiger partial charge < -0.3 is 15.0 Å². The van der Waals surface area contributed by atoms with Crippen LogP contribution in [-0.4, -0.2) is 82.8 Å². The lowest BCUT2D eigenvalue weighted by Crippen LogP contribution is -2.57. The summed E-state index contributed by atoms with van der Waals surface area (Å²) in [5.74, 6) is 0.110. The van der Waals surface area contributed by atoms with Gasteiger partial charge in [-0.1, -0.05) is 0 Å². The molecule has 1 N–H and O–H groups in total. The maximum absolute atomic E-state index is 12.9. The van der Waals surface area contributed by atoms with Gasteiger partial charge in [0.25, 0.3) is 0 Å². The number of hydrogen-bond acceptors (Lipinski definition) is 5. The van der Waals surface area contributed by atoms with Crippen LogP contribution in [0, 0.1) is 5.41 Å². The number of carbonyl (C=O) groups is 1. The smallest absolute Gasteiger partial charge is 0.231 e. The minimum Gasteiger partial charge on any atom is -0.384 e. The Balaban J connectivity index is 2.02. The number of sulfonamides is 1. The van der Waals surface area contributed by atoms with Crippen LogP contribution in [0.5, 0.6) is 0 Å². The van der Waals surface area contributed by atoms with Crippen molar-refractivity contribution in [3.05, 3.63) is 0 Å². The average Bonchev–Trinajstić information content (AvgIpc) is 2.47. The maximum Gasteiger partial charge on any atom is 0.231 e. The molecule has 2 aliphatic rings. The second kappa shape index (κ2) is 6.60. The Labute approximate surface area is 126 Å². The molecule has 0 radical (unpaired) electrons. The lowest BCUT2D eigenvalue weighted by Gasteiger charge is -2.42. The molecule has 2 saturated heterocycles. The van der Waals surface area contributed by atoms with Crippen molar-refractivity contribution >= 4 is 15.9 Å². The maximum atomic E-state index is 12.9. The normalized spacial score (nSPS) is 24.0. The van der Waals surface area contributed by atoms with Crippen molar-refractivity contribution in [2.45, 2.75) is 12.8 Å². The summed E-state index contributed by atoms with van der Waals surface area (Å²) in [6.45, 7) is 3.75. The summed E-state index contributed by atoms with van der Waals surface area (Å²) in [6, 6.07) is 0. The third-order valence-corrected chi connectivity index (χ3v) is 5.73. The molecular formula is C13H25N3O4S. The topological polar surface area (TPSA) is 79.0 Å². The van der Waals surface area contributed by atoms with Crippen molar-refractivity contribution in [1.29, 1.82) is 0 Å². The number of amides is 1. The Morgan fingerprint density at radius 2 is 1.76 bits per heavy atom. The number of piperazine rings is 1. The SMILES string of the molecule is COCC1(C(=O)N2CCN(S(C)(=O)=O)CC2)CCNCC1. The quantitative estimate of drug-likeness (QED) is 0.727. The number of rotatable bonds is 4. The molecule has 2 rings (SSSR count). The Morgan fingerprint density at radius 1 is 1.19 bits per heavy atom. The zero-order valence-corrected chi connectivity index (χ0v) is 13.6. The molecule has 0 aromatic rings. The van der Waals surface area contributed by atoms with Crippen LogP contribution in [0.3, 0.4) is 0 Å². The van der Waals surface area contributed by atoms with E-state index >= 15 is 0 Å². The summed E-state index contributed by atoms with van der Waals surface area (Å²) >= 11 is 0. The van der Waals surface area contributed by atoms with E-state index in [9.17, 15) is 13.2 Å². The van der Waals surface area contributed by atoms with Crippen molar-refractivity contribution in [1.82, 2.24) is 14.5 Å². The van der Waals surface area contributed by atoms with Crippen molar-refractivity contribution < 1.29 is 17.9 Å². The van der Waals surface area contributed by atoms with E-state index in [1.165, 1.54) is 10.6 Å². The highest BCUT2D eigenvalue weighted by Crippen LogP contribution is 2.32. The predicted molar refractivity (Wildman–Crippen MR) is 79.4 cm³/mol. The Hall–Kier alpha value is -0.700. The molecule has 0 unspecified atom stereocenters. The van der Waals surface area contributed by atoms with Crippen LogP contribution in [-0.2, 0) is 19.6 Å². The molecule has 0 spiro atoms. The van der Waals surface area contributed by atoms with Crippen LogP contribution in [0.1, 0.15) is 12.8 Å². The lowest BCUT2D eigenvalue weighted by molar-refractivity contribution is -0.148. The molecule has 2 fully saturated rings. The number of piperidine rings is 1. The van der Waals surface area contributed by atoms with Gasteiger partial charge in [-0.2, -0.15) is 4.31 Å². The summed E-state index contributed by atoms with van der Waals surface area (Å²) in [5, 5.41) is 3.27. The van der Waals surface area contributed by atoms with E-state index in [-0.39, 0.29) is 5.91 Å². The van der Waals surface area contributed by atoms with Gasteiger partial charge in [0.1, 0.15) is 0 Å². The number of methoxy groups -OCH3 is 1. The van der Waals surface area contributed by atoms with E-state index in [1.54, 1.807) is 12.0 Å². The number of ether oxygens (including phenoxy) is 1. The number of hydrogen-bond donors (Lipinski definition) is 1. The summed E-state index contributed by atoms with van der Waals surface area (Å²) in [4.78, 5) is 14.7. The minimum atomic E-state index is -3.16. The third-order valence-electron chi connectivity index (χ3n) is 4.43. The zero-order chi connectivity index (χ0) is 15.5. The third kappa shape index (κ3) is 3.74. The standard InChI is InChI=1S/C13H25N3O4S/c1-20-11-13(3-5-14-6-4-13)12(17)15-7-9-16(10-8-15)21(2,18)19/h14H,3-11H2,1-2H3. The van der Waals surface area contributed by atoms with Crippen LogP contribution >= 0.6 is 0 Å². The first kappa shape index (κ1) is 16.7. The number of nitrogens with zero attached hydrogens (tertiary/aromatic N) is 2. The van der Waals surface area contributed by atoms with Crippen LogP contribution in [0.25, 0.3) is 0 Å². The molecule has 8 heteroatoms. The fourth-order valence-corrected chi connectivity index (χ4v) is 3.99. The van der Waals surface area contributed by atoms with Gasteiger partial charge in [-0.15, -0.1) is 0 Å². The first-order chi connectivity index (χ1) is 9.89. The van der Waals surface area contributed by atoms with E-state index in [1.807, 2.05) is 0 Å². The molecular weight excluding hydrogens is 294 g/mol. The Morgan fingerprint density at radius 3 is 2.24 bits per heavy atom.